The Morgan fingerprint density at radius 2 is 1.88 bits per heavy atom. The Morgan fingerprint density at radius 1 is 1.29 bits per heavy atom. The lowest BCUT2D eigenvalue weighted by Crippen LogP contribution is -2.18. The summed E-state index contributed by atoms with van der Waals surface area (Å²) in [6, 6.07) is 5.69. The minimum Gasteiger partial charge on any atom is -0.326 e. The Labute approximate surface area is 100 Å². The number of amides is 1. The molecule has 0 aliphatic rings. The van der Waals surface area contributed by atoms with Gasteiger partial charge in [-0.05, 0) is 31.3 Å². The summed E-state index contributed by atoms with van der Waals surface area (Å²) in [6.45, 7) is 0.584. The van der Waals surface area contributed by atoms with Crippen molar-refractivity contribution in [3.8, 4) is 0 Å². The van der Waals surface area contributed by atoms with Gasteiger partial charge in [-0.3, -0.25) is 4.79 Å². The molecule has 0 saturated carbocycles. The van der Waals surface area contributed by atoms with Gasteiger partial charge in [-0.15, -0.1) is 0 Å². The summed E-state index contributed by atoms with van der Waals surface area (Å²) in [5, 5.41) is 10.4. The van der Waals surface area contributed by atoms with Crippen LogP contribution in [0.4, 0.5) is 5.69 Å². The molecule has 7 heteroatoms. The van der Waals surface area contributed by atoms with Gasteiger partial charge in [0.05, 0.1) is 4.90 Å². The van der Waals surface area contributed by atoms with E-state index in [0.29, 0.717) is 18.7 Å². The maximum atomic E-state index is 11.4. The first-order valence-corrected chi connectivity index (χ1v) is 6.55. The number of hydrogen-bond donors (Lipinski definition) is 3. The fourth-order valence-corrected chi connectivity index (χ4v) is 1.71. The molecule has 0 spiro atoms. The van der Waals surface area contributed by atoms with Gasteiger partial charge in [0.2, 0.25) is 15.9 Å². The largest absolute Gasteiger partial charge is 0.326 e. The van der Waals surface area contributed by atoms with Gasteiger partial charge < -0.3 is 10.6 Å². The van der Waals surface area contributed by atoms with Crippen molar-refractivity contribution in [1.82, 2.24) is 5.32 Å². The van der Waals surface area contributed by atoms with Gasteiger partial charge in [0.25, 0.3) is 0 Å². The third-order valence-corrected chi connectivity index (χ3v) is 3.00. The van der Waals surface area contributed by atoms with Crippen molar-refractivity contribution in [1.29, 1.82) is 0 Å². The van der Waals surface area contributed by atoms with Gasteiger partial charge >= 0.3 is 0 Å². The summed E-state index contributed by atoms with van der Waals surface area (Å²) in [7, 11) is -1.93. The highest BCUT2D eigenvalue weighted by atomic mass is 32.2. The van der Waals surface area contributed by atoms with Crippen LogP contribution in [0.15, 0.2) is 29.2 Å². The van der Waals surface area contributed by atoms with Crippen LogP contribution in [-0.4, -0.2) is 27.9 Å². The topological polar surface area (TPSA) is 101 Å². The van der Waals surface area contributed by atoms with Crippen molar-refractivity contribution < 1.29 is 13.2 Å². The number of hydrogen-bond acceptors (Lipinski definition) is 4. The molecule has 0 fully saturated rings. The molecule has 6 nitrogen and oxygen atoms in total. The van der Waals surface area contributed by atoms with E-state index in [4.69, 9.17) is 5.14 Å². The van der Waals surface area contributed by atoms with Crippen LogP contribution in [0.2, 0.25) is 0 Å². The van der Waals surface area contributed by atoms with Gasteiger partial charge in [-0.25, -0.2) is 13.6 Å². The Hall–Kier alpha value is -1.44. The number of anilines is 1. The van der Waals surface area contributed by atoms with Gasteiger partial charge in [-0.2, -0.15) is 0 Å². The van der Waals surface area contributed by atoms with E-state index >= 15 is 0 Å². The standard InChI is InChI=1S/C10H15N3O3S/c1-12-7-6-10(14)13-8-2-4-9(5-3-8)17(11,15)16/h2-5,12H,6-7H2,1H3,(H,13,14)(H2,11,15,16). The van der Waals surface area contributed by atoms with Gasteiger partial charge in [0.15, 0.2) is 0 Å². The van der Waals surface area contributed by atoms with E-state index in [1.807, 2.05) is 0 Å². The fourth-order valence-electron chi connectivity index (χ4n) is 1.19. The summed E-state index contributed by atoms with van der Waals surface area (Å²) < 4.78 is 22.0. The number of carbonyl (C=O) groups is 1. The first-order chi connectivity index (χ1) is 7.93. The van der Waals surface area contributed by atoms with Crippen molar-refractivity contribution in [2.45, 2.75) is 11.3 Å². The molecule has 0 aromatic heterocycles. The summed E-state index contributed by atoms with van der Waals surface area (Å²) >= 11 is 0. The summed E-state index contributed by atoms with van der Waals surface area (Å²) in [4.78, 5) is 11.4. The van der Waals surface area contributed by atoms with Crippen LogP contribution in [-0.2, 0) is 14.8 Å². The Balaban J connectivity index is 2.66. The Morgan fingerprint density at radius 3 is 2.35 bits per heavy atom. The molecule has 1 amide bonds. The van der Waals surface area contributed by atoms with Crippen molar-refractivity contribution in [2.75, 3.05) is 18.9 Å². The molecule has 4 N–H and O–H groups in total. The maximum Gasteiger partial charge on any atom is 0.238 e. The summed E-state index contributed by atoms with van der Waals surface area (Å²) in [5.41, 5.74) is 0.540. The maximum absolute atomic E-state index is 11.4. The zero-order valence-electron chi connectivity index (χ0n) is 9.43. The van der Waals surface area contributed by atoms with Crippen LogP contribution in [0.1, 0.15) is 6.42 Å². The molecule has 1 aromatic rings. The number of carbonyl (C=O) groups excluding carboxylic acids is 1. The lowest BCUT2D eigenvalue weighted by atomic mass is 10.3. The highest BCUT2D eigenvalue weighted by Gasteiger charge is 2.07. The third kappa shape index (κ3) is 4.51. The highest BCUT2D eigenvalue weighted by molar-refractivity contribution is 7.89. The lowest BCUT2D eigenvalue weighted by molar-refractivity contribution is -0.116. The molecule has 0 bridgehead atoms. The van der Waals surface area contributed by atoms with E-state index in [1.165, 1.54) is 24.3 Å². The zero-order valence-corrected chi connectivity index (χ0v) is 10.3. The van der Waals surface area contributed by atoms with E-state index in [1.54, 1.807) is 7.05 Å². The van der Waals surface area contributed by atoms with Crippen molar-refractivity contribution in [3.05, 3.63) is 24.3 Å². The quantitative estimate of drug-likeness (QED) is 0.684. The number of benzene rings is 1. The average Bonchev–Trinajstić information content (AvgIpc) is 2.26. The van der Waals surface area contributed by atoms with Crippen molar-refractivity contribution in [2.24, 2.45) is 5.14 Å². The van der Waals surface area contributed by atoms with Gasteiger partial charge in [-0.1, -0.05) is 0 Å². The minimum atomic E-state index is -3.68. The average molecular weight is 257 g/mol. The Kier molecular flexibility index (Phi) is 4.62. The molecule has 94 valence electrons. The Bertz CT molecular complexity index is 482. The highest BCUT2D eigenvalue weighted by Crippen LogP contribution is 2.12. The van der Waals surface area contributed by atoms with Crippen LogP contribution >= 0.6 is 0 Å². The molecule has 0 atom stereocenters. The van der Waals surface area contributed by atoms with Crippen LogP contribution in [0.5, 0.6) is 0 Å². The predicted molar refractivity (Wildman–Crippen MR) is 65.0 cm³/mol. The molecular formula is C10H15N3O3S. The molecule has 0 aliphatic heterocycles. The summed E-state index contributed by atoms with van der Waals surface area (Å²) in [5.74, 6) is -0.136. The van der Waals surface area contributed by atoms with E-state index in [2.05, 4.69) is 10.6 Å². The second-order valence-corrected chi connectivity index (χ2v) is 5.03. The SMILES string of the molecule is CNCCC(=O)Nc1ccc(S(N)(=O)=O)cc1. The normalized spacial score (nSPS) is 11.2. The van der Waals surface area contributed by atoms with Gasteiger partial charge in [0, 0.05) is 18.7 Å². The smallest absolute Gasteiger partial charge is 0.238 e. The second kappa shape index (κ2) is 5.76. The van der Waals surface area contributed by atoms with E-state index in [9.17, 15) is 13.2 Å². The predicted octanol–water partition coefficient (Wildman–Crippen LogP) is -0.118. The second-order valence-electron chi connectivity index (χ2n) is 3.47. The fraction of sp³-hybridized carbons (Fsp3) is 0.300. The molecule has 1 rings (SSSR count). The molecule has 0 radical (unpaired) electrons. The molecule has 17 heavy (non-hydrogen) atoms. The molecule has 1 aromatic carbocycles. The number of sulfonamides is 1. The van der Waals surface area contributed by atoms with Crippen LogP contribution in [0.25, 0.3) is 0 Å². The van der Waals surface area contributed by atoms with E-state index < -0.39 is 10.0 Å². The van der Waals surface area contributed by atoms with Gasteiger partial charge in [0.1, 0.15) is 0 Å². The number of primary sulfonamides is 1. The number of rotatable bonds is 5. The van der Waals surface area contributed by atoms with E-state index in [-0.39, 0.29) is 10.8 Å². The van der Waals surface area contributed by atoms with Crippen molar-refractivity contribution >= 4 is 21.6 Å². The molecule has 0 heterocycles. The third-order valence-electron chi connectivity index (χ3n) is 2.07. The first-order valence-electron chi connectivity index (χ1n) is 5.01. The van der Waals surface area contributed by atoms with E-state index in [0.717, 1.165) is 0 Å². The van der Waals surface area contributed by atoms with Crippen molar-refractivity contribution in [3.63, 3.8) is 0 Å². The van der Waals surface area contributed by atoms with Crippen LogP contribution in [0, 0.1) is 0 Å². The minimum absolute atomic E-state index is 0.0192. The lowest BCUT2D eigenvalue weighted by Gasteiger charge is -2.05. The van der Waals surface area contributed by atoms with Crippen LogP contribution < -0.4 is 15.8 Å². The molecule has 0 saturated heterocycles. The first kappa shape index (κ1) is 13.6. The molecule has 0 aliphatic carbocycles. The summed E-state index contributed by atoms with van der Waals surface area (Å²) in [6.07, 6.45) is 0.355. The van der Waals surface area contributed by atoms with Crippen LogP contribution in [0.3, 0.4) is 0 Å². The number of nitrogens with one attached hydrogen (secondary N) is 2. The monoisotopic (exact) mass is 257 g/mol. The molecular weight excluding hydrogens is 242 g/mol. The zero-order chi connectivity index (χ0) is 12.9. The number of nitrogens with two attached hydrogens (primary N) is 1. The molecule has 0 unspecified atom stereocenters.